The molecule has 5 N–H and O–H groups in total. The minimum absolute atomic E-state index is 0.119. The number of alkyl halides is 3. The Kier molecular flexibility index (Phi) is 9.30. The maximum atomic E-state index is 13.6. The molecule has 2 aromatic heterocycles. The first-order valence-corrected chi connectivity index (χ1v) is 10.0. The number of hydrazine groups is 2. The normalized spacial score (nSPS) is 12.1. The van der Waals surface area contributed by atoms with Crippen LogP contribution in [-0.4, -0.2) is 44.1 Å². The molecule has 0 saturated heterocycles. The number of nitrogens with one attached hydrogen (secondary N) is 2. The molecule has 0 bridgehead atoms. The largest absolute Gasteiger partial charge is 0.435 e. The second-order valence-corrected chi connectivity index (χ2v) is 7.02. The van der Waals surface area contributed by atoms with Crippen LogP contribution in [0, 0.1) is 5.92 Å². The monoisotopic (exact) mass is 470 g/mol. The van der Waals surface area contributed by atoms with Gasteiger partial charge in [0.1, 0.15) is 11.5 Å². The number of halogens is 3. The lowest BCUT2D eigenvalue weighted by molar-refractivity contribution is -0.154. The lowest BCUT2D eigenvalue weighted by Crippen LogP contribution is -2.46. The molecule has 0 aliphatic heterocycles. The van der Waals surface area contributed by atoms with Gasteiger partial charge in [0, 0.05) is 6.20 Å². The molecule has 0 spiro atoms. The molecule has 0 saturated carbocycles. The quantitative estimate of drug-likeness (QED) is 0.0916. The fourth-order valence-corrected chi connectivity index (χ4v) is 2.86. The first kappa shape index (κ1) is 25.7. The Morgan fingerprint density at radius 1 is 1.27 bits per heavy atom. The van der Waals surface area contributed by atoms with E-state index in [2.05, 4.69) is 25.8 Å². The van der Waals surface area contributed by atoms with Crippen molar-refractivity contribution < 1.29 is 28.0 Å². The predicted molar refractivity (Wildman–Crippen MR) is 112 cm³/mol. The molecule has 0 aliphatic rings. The summed E-state index contributed by atoms with van der Waals surface area (Å²) in [5.41, 5.74) is 2.97. The molecule has 1 atom stereocenters. The van der Waals surface area contributed by atoms with Crippen molar-refractivity contribution in [1.82, 2.24) is 20.0 Å². The summed E-state index contributed by atoms with van der Waals surface area (Å²) >= 11 is 0. The van der Waals surface area contributed by atoms with Gasteiger partial charge in [-0.25, -0.2) is 30.9 Å². The molecule has 0 aromatic carbocycles. The van der Waals surface area contributed by atoms with Crippen LogP contribution in [0.1, 0.15) is 38.3 Å². The molecular weight excluding hydrogens is 445 g/mol. The Balaban J connectivity index is 2.25. The van der Waals surface area contributed by atoms with E-state index in [0.29, 0.717) is 11.4 Å². The third-order valence-electron chi connectivity index (χ3n) is 4.52. The molecule has 11 nitrogen and oxygen atoms in total. The number of pyridine rings is 1. The number of nitrogens with two attached hydrogens (primary N) is 1. The van der Waals surface area contributed by atoms with Crippen LogP contribution in [0.2, 0.25) is 0 Å². The average molecular weight is 470 g/mol. The number of rotatable bonds is 12. The molecule has 0 fully saturated rings. The van der Waals surface area contributed by atoms with Crippen LogP contribution in [0.3, 0.4) is 0 Å². The van der Waals surface area contributed by atoms with Crippen molar-refractivity contribution in [2.24, 2.45) is 11.8 Å². The van der Waals surface area contributed by atoms with Gasteiger partial charge in [0.2, 0.25) is 18.3 Å². The van der Waals surface area contributed by atoms with Crippen molar-refractivity contribution in [2.75, 3.05) is 22.4 Å². The molecule has 2 heterocycles. The third-order valence-corrected chi connectivity index (χ3v) is 4.52. The van der Waals surface area contributed by atoms with Gasteiger partial charge in [-0.2, -0.15) is 13.2 Å². The van der Waals surface area contributed by atoms with Gasteiger partial charge < -0.3 is 0 Å². The summed E-state index contributed by atoms with van der Waals surface area (Å²) in [5, 5.41) is 10.1. The Morgan fingerprint density at radius 3 is 2.64 bits per heavy atom. The number of unbranched alkanes of at least 4 members (excludes halogenated alkanes) is 2. The summed E-state index contributed by atoms with van der Waals surface area (Å²) in [4.78, 5) is 34.7. The smallest absolute Gasteiger partial charge is 0.296 e. The van der Waals surface area contributed by atoms with Crippen LogP contribution in [0.4, 0.5) is 30.6 Å². The van der Waals surface area contributed by atoms with Crippen LogP contribution in [-0.2, 0) is 15.8 Å². The van der Waals surface area contributed by atoms with Gasteiger partial charge in [0.15, 0.2) is 5.69 Å². The van der Waals surface area contributed by atoms with Gasteiger partial charge in [-0.3, -0.25) is 25.6 Å². The summed E-state index contributed by atoms with van der Waals surface area (Å²) in [6.45, 7) is 1.57. The lowest BCUT2D eigenvalue weighted by atomic mass is 10.00. The number of nitrogens with zero attached hydrogens (tertiary/aromatic N) is 5. The number of hydrogen-bond acceptors (Lipinski definition) is 9. The predicted octanol–water partition coefficient (Wildman–Crippen LogP) is 2.58. The van der Waals surface area contributed by atoms with Crippen molar-refractivity contribution >= 4 is 29.8 Å². The molecular formula is C19H25F3N8O3. The lowest BCUT2D eigenvalue weighted by Gasteiger charge is -2.24. The molecule has 2 aromatic rings. The van der Waals surface area contributed by atoms with Gasteiger partial charge in [0.25, 0.3) is 0 Å². The Labute approximate surface area is 187 Å². The van der Waals surface area contributed by atoms with E-state index in [0.717, 1.165) is 19.0 Å². The van der Waals surface area contributed by atoms with E-state index >= 15 is 0 Å². The van der Waals surface area contributed by atoms with Gasteiger partial charge in [0.05, 0.1) is 18.7 Å². The second kappa shape index (κ2) is 11.9. The zero-order valence-electron chi connectivity index (χ0n) is 17.8. The summed E-state index contributed by atoms with van der Waals surface area (Å²) in [5.74, 6) is 3.51. The molecule has 33 heavy (non-hydrogen) atoms. The number of carbonyl (C=O) groups is 2. The molecule has 180 valence electrons. The number of aromatic nitrogens is 3. The van der Waals surface area contributed by atoms with E-state index in [-0.39, 0.29) is 30.3 Å². The SMILES string of the molecule is CCCCC[C@H](CN(O)C=O)C(=O)N(N)c1ncc(NNc2ccccn2)c(C(F)(F)F)n1. The van der Waals surface area contributed by atoms with Crippen molar-refractivity contribution in [3.63, 3.8) is 0 Å². The second-order valence-electron chi connectivity index (χ2n) is 7.02. The maximum Gasteiger partial charge on any atom is 0.435 e. The van der Waals surface area contributed by atoms with Crippen molar-refractivity contribution in [3.8, 4) is 0 Å². The van der Waals surface area contributed by atoms with Crippen LogP contribution in [0.15, 0.2) is 30.6 Å². The van der Waals surface area contributed by atoms with Crippen molar-refractivity contribution in [1.29, 1.82) is 0 Å². The van der Waals surface area contributed by atoms with Crippen LogP contribution in [0.5, 0.6) is 0 Å². The maximum absolute atomic E-state index is 13.6. The minimum atomic E-state index is -4.89. The average Bonchev–Trinajstić information content (AvgIpc) is 2.81. The fraction of sp³-hybridized carbons (Fsp3) is 0.421. The first-order valence-electron chi connectivity index (χ1n) is 10.0. The van der Waals surface area contributed by atoms with Gasteiger partial charge >= 0.3 is 6.18 Å². The van der Waals surface area contributed by atoms with Crippen LogP contribution < -0.4 is 21.7 Å². The van der Waals surface area contributed by atoms with E-state index in [1.807, 2.05) is 6.92 Å². The van der Waals surface area contributed by atoms with Crippen molar-refractivity contribution in [3.05, 3.63) is 36.3 Å². The zero-order chi connectivity index (χ0) is 24.4. The highest BCUT2D eigenvalue weighted by molar-refractivity contribution is 5.92. The Morgan fingerprint density at radius 2 is 2.03 bits per heavy atom. The summed E-state index contributed by atoms with van der Waals surface area (Å²) in [6.07, 6.45) is -0.0352. The van der Waals surface area contributed by atoms with Crippen LogP contribution in [0.25, 0.3) is 0 Å². The van der Waals surface area contributed by atoms with E-state index < -0.39 is 35.3 Å². The molecule has 0 aliphatic carbocycles. The van der Waals surface area contributed by atoms with E-state index in [9.17, 15) is 28.0 Å². The Hall–Kier alpha value is -3.52. The summed E-state index contributed by atoms with van der Waals surface area (Å²) in [7, 11) is 0. The number of amides is 2. The molecule has 0 unspecified atom stereocenters. The zero-order valence-corrected chi connectivity index (χ0v) is 17.8. The molecule has 0 radical (unpaired) electrons. The molecule has 2 amide bonds. The van der Waals surface area contributed by atoms with Crippen molar-refractivity contribution in [2.45, 2.75) is 38.8 Å². The number of carbonyl (C=O) groups excluding carboxylic acids is 2. The Bertz CT molecular complexity index is 917. The first-order chi connectivity index (χ1) is 15.7. The highest BCUT2D eigenvalue weighted by Gasteiger charge is 2.37. The van der Waals surface area contributed by atoms with E-state index in [4.69, 9.17) is 5.84 Å². The number of hydroxylamine groups is 2. The van der Waals surface area contributed by atoms with Gasteiger partial charge in [-0.1, -0.05) is 32.3 Å². The summed E-state index contributed by atoms with van der Waals surface area (Å²) < 4.78 is 40.8. The number of anilines is 3. The van der Waals surface area contributed by atoms with Gasteiger partial charge in [-0.05, 0) is 18.6 Å². The molecule has 14 heteroatoms. The molecule has 2 rings (SSSR count). The third kappa shape index (κ3) is 7.54. The van der Waals surface area contributed by atoms with Crippen LogP contribution >= 0.6 is 0 Å². The topological polar surface area (TPSA) is 150 Å². The summed E-state index contributed by atoms with van der Waals surface area (Å²) in [6, 6.07) is 4.80. The number of hydrogen-bond donors (Lipinski definition) is 4. The highest BCUT2D eigenvalue weighted by Crippen LogP contribution is 2.34. The fourth-order valence-electron chi connectivity index (χ4n) is 2.86. The van der Waals surface area contributed by atoms with Gasteiger partial charge in [-0.15, -0.1) is 0 Å². The minimum Gasteiger partial charge on any atom is -0.296 e. The standard InChI is InChI=1S/C19H25F3N8O3/c1-2-3-4-7-13(11-29(33)12-31)17(32)30(23)18-25-10-14(16(26-18)19(20,21)22)27-28-15-8-5-6-9-24-15/h5-6,8-10,12-13,27,33H,2-4,7,11,23H2,1H3,(H,24,28)/t13-/m1/s1. The highest BCUT2D eigenvalue weighted by atomic mass is 19.4. The van der Waals surface area contributed by atoms with E-state index in [1.165, 1.54) is 12.3 Å². The van der Waals surface area contributed by atoms with E-state index in [1.54, 1.807) is 12.1 Å².